The van der Waals surface area contributed by atoms with E-state index in [-0.39, 0.29) is 6.54 Å². The number of benzene rings is 1. The predicted molar refractivity (Wildman–Crippen MR) is 85.7 cm³/mol. The summed E-state index contributed by atoms with van der Waals surface area (Å²) in [5.74, 6) is 0. The molecule has 2 N–H and O–H groups in total. The molecule has 7 heteroatoms. The predicted octanol–water partition coefficient (Wildman–Crippen LogP) is 1.98. The Bertz CT molecular complexity index is 914. The second kappa shape index (κ2) is 5.51. The Morgan fingerprint density at radius 3 is 2.59 bits per heavy atom. The van der Waals surface area contributed by atoms with Gasteiger partial charge in [-0.15, -0.1) is 0 Å². The molecule has 22 heavy (non-hydrogen) atoms. The van der Waals surface area contributed by atoms with Crippen molar-refractivity contribution < 1.29 is 8.42 Å². The average molecular weight is 316 g/mol. The molecule has 0 aliphatic heterocycles. The van der Waals surface area contributed by atoms with Crippen LogP contribution in [0.2, 0.25) is 0 Å². The lowest BCUT2D eigenvalue weighted by Crippen LogP contribution is -2.21. The molecule has 0 saturated carbocycles. The Morgan fingerprint density at radius 2 is 1.91 bits per heavy atom. The fourth-order valence-corrected chi connectivity index (χ4v) is 2.76. The third kappa shape index (κ3) is 3.00. The number of aromatic nitrogens is 3. The van der Waals surface area contributed by atoms with E-state index in [1.165, 1.54) is 0 Å². The van der Waals surface area contributed by atoms with E-state index in [2.05, 4.69) is 19.9 Å². The molecule has 3 aromatic rings. The van der Waals surface area contributed by atoms with Gasteiger partial charge < -0.3 is 0 Å². The maximum Gasteiger partial charge on any atom is 0.209 e. The zero-order chi connectivity index (χ0) is 15.7. The molecule has 0 saturated heterocycles. The van der Waals surface area contributed by atoms with Crippen LogP contribution in [0.4, 0.5) is 0 Å². The Labute approximate surface area is 128 Å². The van der Waals surface area contributed by atoms with Crippen LogP contribution in [0.5, 0.6) is 0 Å². The molecule has 0 aliphatic rings. The molecule has 2 aromatic heterocycles. The van der Waals surface area contributed by atoms with Crippen molar-refractivity contribution in [1.29, 1.82) is 0 Å². The second-order valence-corrected chi connectivity index (χ2v) is 7.01. The fraction of sp³-hybridized carbons (Fsp3) is 0.200. The number of aromatic amines is 1. The highest BCUT2D eigenvalue weighted by atomic mass is 32.2. The third-order valence-corrected chi connectivity index (χ3v) is 4.09. The van der Waals surface area contributed by atoms with Crippen molar-refractivity contribution in [2.24, 2.45) is 0 Å². The second-order valence-electron chi connectivity index (χ2n) is 5.18. The number of hydrogen-bond donors (Lipinski definition) is 2. The third-order valence-electron chi connectivity index (χ3n) is 3.42. The highest BCUT2D eigenvalue weighted by molar-refractivity contribution is 7.88. The van der Waals surface area contributed by atoms with Gasteiger partial charge in [0, 0.05) is 23.7 Å². The number of fused-ring (bicyclic) bond motifs is 1. The van der Waals surface area contributed by atoms with E-state index < -0.39 is 10.0 Å². The molecule has 0 aliphatic carbocycles. The normalized spacial score (nSPS) is 11.9. The van der Waals surface area contributed by atoms with Crippen molar-refractivity contribution in [2.75, 3.05) is 6.26 Å². The SMILES string of the molecule is Cc1n[nH]c2ccnc(-c3ccc(CNS(C)(=O)=O)cc3)c12. The van der Waals surface area contributed by atoms with Gasteiger partial charge in [0.1, 0.15) is 0 Å². The van der Waals surface area contributed by atoms with Crippen LogP contribution < -0.4 is 4.72 Å². The van der Waals surface area contributed by atoms with Gasteiger partial charge >= 0.3 is 0 Å². The van der Waals surface area contributed by atoms with E-state index in [0.717, 1.165) is 39.7 Å². The Balaban J connectivity index is 1.93. The Kier molecular flexibility index (Phi) is 3.67. The molecular weight excluding hydrogens is 300 g/mol. The minimum absolute atomic E-state index is 0.279. The van der Waals surface area contributed by atoms with E-state index in [4.69, 9.17) is 0 Å². The van der Waals surface area contributed by atoms with Crippen molar-refractivity contribution >= 4 is 20.9 Å². The number of rotatable bonds is 4. The van der Waals surface area contributed by atoms with Crippen LogP contribution in [-0.2, 0) is 16.6 Å². The standard InChI is InChI=1S/C15H16N4O2S/c1-10-14-13(19-18-10)7-8-16-15(14)12-5-3-11(4-6-12)9-17-22(2,20)21/h3-8,17H,9H2,1-2H3,(H,18,19). The molecule has 0 fully saturated rings. The highest BCUT2D eigenvalue weighted by Gasteiger charge is 2.10. The van der Waals surface area contributed by atoms with Gasteiger partial charge in [0.05, 0.1) is 23.2 Å². The lowest BCUT2D eigenvalue weighted by atomic mass is 10.0. The number of nitrogens with zero attached hydrogens (tertiary/aromatic N) is 2. The minimum atomic E-state index is -3.19. The lowest BCUT2D eigenvalue weighted by Gasteiger charge is -2.06. The van der Waals surface area contributed by atoms with E-state index in [9.17, 15) is 8.42 Å². The monoisotopic (exact) mass is 316 g/mol. The molecule has 2 heterocycles. The molecule has 0 amide bonds. The van der Waals surface area contributed by atoms with Crippen molar-refractivity contribution in [2.45, 2.75) is 13.5 Å². The summed E-state index contributed by atoms with van der Waals surface area (Å²) in [4.78, 5) is 4.45. The molecule has 114 valence electrons. The molecule has 0 atom stereocenters. The van der Waals surface area contributed by atoms with E-state index in [1.54, 1.807) is 6.20 Å². The number of aryl methyl sites for hydroxylation is 1. The summed E-state index contributed by atoms with van der Waals surface area (Å²) in [7, 11) is -3.19. The number of pyridine rings is 1. The van der Waals surface area contributed by atoms with Crippen LogP contribution >= 0.6 is 0 Å². The first-order valence-corrected chi connectivity index (χ1v) is 8.67. The summed E-state index contributed by atoms with van der Waals surface area (Å²) in [6.45, 7) is 2.22. The largest absolute Gasteiger partial charge is 0.277 e. The first-order chi connectivity index (χ1) is 10.4. The summed E-state index contributed by atoms with van der Waals surface area (Å²) in [6, 6.07) is 9.55. The van der Waals surface area contributed by atoms with Crippen molar-refractivity contribution in [3.05, 3.63) is 47.8 Å². The highest BCUT2D eigenvalue weighted by Crippen LogP contribution is 2.27. The molecule has 0 unspecified atom stereocenters. The number of H-pyrrole nitrogens is 1. The van der Waals surface area contributed by atoms with Crippen molar-refractivity contribution in [3.63, 3.8) is 0 Å². The van der Waals surface area contributed by atoms with Crippen molar-refractivity contribution in [3.8, 4) is 11.3 Å². The van der Waals surface area contributed by atoms with Crippen LogP contribution in [0, 0.1) is 6.92 Å². The van der Waals surface area contributed by atoms with Crippen molar-refractivity contribution in [1.82, 2.24) is 19.9 Å². The fourth-order valence-electron chi connectivity index (χ4n) is 2.33. The summed E-state index contributed by atoms with van der Waals surface area (Å²) < 4.78 is 24.7. The molecular formula is C15H16N4O2S. The summed E-state index contributed by atoms with van der Waals surface area (Å²) in [5.41, 5.74) is 4.58. The van der Waals surface area contributed by atoms with Gasteiger partial charge in [-0.25, -0.2) is 13.1 Å². The number of nitrogens with one attached hydrogen (secondary N) is 2. The summed E-state index contributed by atoms with van der Waals surface area (Å²) in [5, 5.41) is 8.20. The van der Waals surface area contributed by atoms with Gasteiger partial charge in [0.2, 0.25) is 10.0 Å². The molecule has 0 spiro atoms. The van der Waals surface area contributed by atoms with Gasteiger partial charge in [-0.05, 0) is 18.6 Å². The molecule has 6 nitrogen and oxygen atoms in total. The van der Waals surface area contributed by atoms with Crippen LogP contribution in [-0.4, -0.2) is 29.9 Å². The van der Waals surface area contributed by atoms with Crippen LogP contribution in [0.1, 0.15) is 11.3 Å². The molecule has 0 radical (unpaired) electrons. The first-order valence-electron chi connectivity index (χ1n) is 6.78. The summed E-state index contributed by atoms with van der Waals surface area (Å²) >= 11 is 0. The molecule has 3 rings (SSSR count). The Morgan fingerprint density at radius 1 is 1.18 bits per heavy atom. The first kappa shape index (κ1) is 14.7. The Hall–Kier alpha value is -2.25. The smallest absolute Gasteiger partial charge is 0.209 e. The van der Waals surface area contributed by atoms with Gasteiger partial charge in [0.25, 0.3) is 0 Å². The molecule has 1 aromatic carbocycles. The van der Waals surface area contributed by atoms with E-state index in [1.807, 2.05) is 37.3 Å². The maximum atomic E-state index is 11.1. The van der Waals surface area contributed by atoms with Gasteiger partial charge in [-0.1, -0.05) is 24.3 Å². The maximum absolute atomic E-state index is 11.1. The van der Waals surface area contributed by atoms with Gasteiger partial charge in [-0.2, -0.15) is 5.10 Å². The van der Waals surface area contributed by atoms with Gasteiger partial charge in [0.15, 0.2) is 0 Å². The van der Waals surface area contributed by atoms with Crippen LogP contribution in [0.25, 0.3) is 22.2 Å². The molecule has 0 bridgehead atoms. The lowest BCUT2D eigenvalue weighted by molar-refractivity contribution is 0.587. The zero-order valence-corrected chi connectivity index (χ0v) is 13.1. The number of sulfonamides is 1. The van der Waals surface area contributed by atoms with Gasteiger partial charge in [-0.3, -0.25) is 10.1 Å². The number of hydrogen-bond acceptors (Lipinski definition) is 4. The van der Waals surface area contributed by atoms with Crippen LogP contribution in [0.3, 0.4) is 0 Å². The minimum Gasteiger partial charge on any atom is -0.277 e. The van der Waals surface area contributed by atoms with E-state index in [0.29, 0.717) is 0 Å². The van der Waals surface area contributed by atoms with Crippen LogP contribution in [0.15, 0.2) is 36.5 Å². The quantitative estimate of drug-likeness (QED) is 0.770. The van der Waals surface area contributed by atoms with E-state index >= 15 is 0 Å². The zero-order valence-electron chi connectivity index (χ0n) is 12.3. The summed E-state index contributed by atoms with van der Waals surface area (Å²) in [6.07, 6.45) is 2.89. The topological polar surface area (TPSA) is 87.7 Å². The average Bonchev–Trinajstić information content (AvgIpc) is 2.87.